The molecule has 1 heterocycles. The lowest BCUT2D eigenvalue weighted by atomic mass is 10.3. The number of anilines is 1. The molecule has 0 aliphatic carbocycles. The fourth-order valence-corrected chi connectivity index (χ4v) is 1.94. The van der Waals surface area contributed by atoms with Gasteiger partial charge in [-0.05, 0) is 24.3 Å². The van der Waals surface area contributed by atoms with Gasteiger partial charge in [-0.1, -0.05) is 27.5 Å². The Balaban J connectivity index is 2.45. The van der Waals surface area contributed by atoms with Crippen LogP contribution in [0.3, 0.4) is 0 Å². The third kappa shape index (κ3) is 3.17. The summed E-state index contributed by atoms with van der Waals surface area (Å²) in [5, 5.41) is 14.1. The van der Waals surface area contributed by atoms with Crippen LogP contribution in [0.5, 0.6) is 11.6 Å². The van der Waals surface area contributed by atoms with Gasteiger partial charge in [0, 0.05) is 17.6 Å². The summed E-state index contributed by atoms with van der Waals surface area (Å²) < 4.78 is 6.21. The summed E-state index contributed by atoms with van der Waals surface area (Å²) in [6.45, 7) is 0. The van der Waals surface area contributed by atoms with Gasteiger partial charge in [0.2, 0.25) is 0 Å². The molecular weight excluding hydrogens is 350 g/mol. The minimum absolute atomic E-state index is 0.123. The molecule has 20 heavy (non-hydrogen) atoms. The second kappa shape index (κ2) is 6.06. The molecule has 0 amide bonds. The Bertz CT molecular complexity index is 666. The van der Waals surface area contributed by atoms with Crippen LogP contribution in [0, 0.1) is 10.1 Å². The molecule has 0 aliphatic heterocycles. The van der Waals surface area contributed by atoms with E-state index in [-0.39, 0.29) is 17.3 Å². The van der Waals surface area contributed by atoms with Crippen molar-refractivity contribution in [2.45, 2.75) is 0 Å². The number of hydrogen-bond acceptors (Lipinski definition) is 5. The Labute approximate surface area is 128 Å². The van der Waals surface area contributed by atoms with Gasteiger partial charge in [0.25, 0.3) is 0 Å². The molecule has 0 saturated heterocycles. The minimum atomic E-state index is -0.562. The van der Waals surface area contributed by atoms with Crippen molar-refractivity contribution in [3.63, 3.8) is 0 Å². The Kier molecular flexibility index (Phi) is 4.41. The van der Waals surface area contributed by atoms with Crippen molar-refractivity contribution in [2.24, 2.45) is 0 Å². The number of rotatable bonds is 4. The predicted octanol–water partition coefficient (Wildman–Crippen LogP) is 4.24. The summed E-state index contributed by atoms with van der Waals surface area (Å²) in [7, 11) is 1.66. The van der Waals surface area contributed by atoms with Crippen LogP contribution in [-0.4, -0.2) is 17.0 Å². The first-order valence-corrected chi connectivity index (χ1v) is 6.64. The van der Waals surface area contributed by atoms with E-state index in [1.807, 2.05) is 0 Å². The molecule has 0 fully saturated rings. The number of halogens is 2. The van der Waals surface area contributed by atoms with Crippen molar-refractivity contribution < 1.29 is 9.66 Å². The summed E-state index contributed by atoms with van der Waals surface area (Å²) in [6, 6.07) is 7.78. The van der Waals surface area contributed by atoms with Crippen LogP contribution >= 0.6 is 27.5 Å². The smallest absolute Gasteiger partial charge is 0.331 e. The fraction of sp³-hybridized carbons (Fsp3) is 0.0833. The SMILES string of the molecule is CNc1ccc([N+](=O)[O-])c(Oc2cc(Br)ccc2Cl)n1. The molecule has 2 rings (SSSR count). The fourth-order valence-electron chi connectivity index (χ4n) is 1.45. The van der Waals surface area contributed by atoms with Gasteiger partial charge in [0.15, 0.2) is 0 Å². The highest BCUT2D eigenvalue weighted by molar-refractivity contribution is 9.10. The Morgan fingerprint density at radius 1 is 1.40 bits per heavy atom. The number of benzene rings is 1. The Hall–Kier alpha value is -1.86. The zero-order valence-electron chi connectivity index (χ0n) is 10.3. The molecule has 1 aromatic carbocycles. The van der Waals surface area contributed by atoms with Crippen molar-refractivity contribution in [2.75, 3.05) is 12.4 Å². The van der Waals surface area contributed by atoms with Gasteiger partial charge >= 0.3 is 11.6 Å². The number of ether oxygens (including phenoxy) is 1. The molecule has 0 bridgehead atoms. The number of aromatic nitrogens is 1. The maximum absolute atomic E-state index is 11.0. The lowest BCUT2D eigenvalue weighted by Crippen LogP contribution is -1.99. The van der Waals surface area contributed by atoms with Gasteiger partial charge in [-0.3, -0.25) is 10.1 Å². The summed E-state index contributed by atoms with van der Waals surface area (Å²) in [5.74, 6) is 0.614. The van der Waals surface area contributed by atoms with E-state index in [0.29, 0.717) is 10.8 Å². The predicted molar refractivity (Wildman–Crippen MR) is 79.7 cm³/mol. The molecule has 8 heteroatoms. The summed E-state index contributed by atoms with van der Waals surface area (Å²) >= 11 is 9.27. The second-order valence-electron chi connectivity index (χ2n) is 3.70. The molecule has 2 aromatic rings. The minimum Gasteiger partial charge on any atom is -0.432 e. The highest BCUT2D eigenvalue weighted by atomic mass is 79.9. The molecule has 0 saturated carbocycles. The van der Waals surface area contributed by atoms with Crippen LogP contribution < -0.4 is 10.1 Å². The molecule has 104 valence electrons. The molecule has 1 aromatic heterocycles. The third-order valence-corrected chi connectivity index (χ3v) is 3.20. The van der Waals surface area contributed by atoms with Crippen LogP contribution in [0.15, 0.2) is 34.8 Å². The van der Waals surface area contributed by atoms with Gasteiger partial charge in [0.1, 0.15) is 11.6 Å². The van der Waals surface area contributed by atoms with Crippen molar-refractivity contribution >= 4 is 39.0 Å². The quantitative estimate of drug-likeness (QED) is 0.653. The lowest BCUT2D eigenvalue weighted by molar-refractivity contribution is -0.386. The molecule has 0 spiro atoms. The topological polar surface area (TPSA) is 77.3 Å². The molecule has 0 unspecified atom stereocenters. The van der Waals surface area contributed by atoms with E-state index in [0.717, 1.165) is 4.47 Å². The van der Waals surface area contributed by atoms with Gasteiger partial charge in [-0.25, -0.2) is 0 Å². The van der Waals surface area contributed by atoms with Gasteiger partial charge in [-0.2, -0.15) is 4.98 Å². The summed E-state index contributed by atoms with van der Waals surface area (Å²) in [5.41, 5.74) is -0.236. The second-order valence-corrected chi connectivity index (χ2v) is 5.03. The number of nitro groups is 1. The third-order valence-electron chi connectivity index (χ3n) is 2.39. The van der Waals surface area contributed by atoms with E-state index in [1.54, 1.807) is 25.2 Å². The zero-order valence-corrected chi connectivity index (χ0v) is 12.6. The number of nitrogens with zero attached hydrogens (tertiary/aromatic N) is 2. The largest absolute Gasteiger partial charge is 0.432 e. The molecule has 0 radical (unpaired) electrons. The molecular formula is C12H9BrClN3O3. The van der Waals surface area contributed by atoms with E-state index < -0.39 is 4.92 Å². The number of pyridine rings is 1. The first-order chi connectivity index (χ1) is 9.51. The monoisotopic (exact) mass is 357 g/mol. The maximum atomic E-state index is 11.0. The van der Waals surface area contributed by atoms with Crippen LogP contribution in [0.2, 0.25) is 5.02 Å². The number of hydrogen-bond donors (Lipinski definition) is 1. The Morgan fingerprint density at radius 2 is 2.15 bits per heavy atom. The Morgan fingerprint density at radius 3 is 2.80 bits per heavy atom. The molecule has 6 nitrogen and oxygen atoms in total. The van der Waals surface area contributed by atoms with E-state index in [9.17, 15) is 10.1 Å². The van der Waals surface area contributed by atoms with Crippen molar-refractivity contribution in [1.82, 2.24) is 4.98 Å². The highest BCUT2D eigenvalue weighted by Gasteiger charge is 2.19. The first kappa shape index (κ1) is 14.5. The first-order valence-electron chi connectivity index (χ1n) is 5.47. The van der Waals surface area contributed by atoms with Crippen LogP contribution in [0.25, 0.3) is 0 Å². The summed E-state index contributed by atoms with van der Waals surface area (Å²) in [6.07, 6.45) is 0. The molecule has 0 atom stereocenters. The van der Waals surface area contributed by atoms with Crippen molar-refractivity contribution in [1.29, 1.82) is 0 Å². The van der Waals surface area contributed by atoms with Crippen molar-refractivity contribution in [3.8, 4) is 11.6 Å². The van der Waals surface area contributed by atoms with E-state index >= 15 is 0 Å². The van der Waals surface area contributed by atoms with Gasteiger partial charge in [-0.15, -0.1) is 0 Å². The zero-order chi connectivity index (χ0) is 14.7. The maximum Gasteiger partial charge on any atom is 0.331 e. The lowest BCUT2D eigenvalue weighted by Gasteiger charge is -2.08. The van der Waals surface area contributed by atoms with E-state index in [2.05, 4.69) is 26.2 Å². The van der Waals surface area contributed by atoms with Crippen molar-refractivity contribution in [3.05, 3.63) is 49.9 Å². The van der Waals surface area contributed by atoms with E-state index in [1.165, 1.54) is 12.1 Å². The van der Waals surface area contributed by atoms with E-state index in [4.69, 9.17) is 16.3 Å². The summed E-state index contributed by atoms with van der Waals surface area (Å²) in [4.78, 5) is 14.5. The standard InChI is InChI=1S/C12H9BrClN3O3/c1-15-11-5-4-9(17(18)19)12(16-11)20-10-6-7(13)2-3-8(10)14/h2-6H,1H3,(H,15,16). The average Bonchev–Trinajstić information content (AvgIpc) is 2.42. The normalized spacial score (nSPS) is 10.2. The molecule has 0 aliphatic rings. The average molecular weight is 359 g/mol. The number of nitrogens with one attached hydrogen (secondary N) is 1. The molecule has 1 N–H and O–H groups in total. The van der Waals surface area contributed by atoms with Gasteiger partial charge < -0.3 is 10.1 Å². The van der Waals surface area contributed by atoms with Gasteiger partial charge in [0.05, 0.1) is 9.95 Å². The van der Waals surface area contributed by atoms with Crippen LogP contribution in [0.4, 0.5) is 11.5 Å². The van der Waals surface area contributed by atoms with Crippen LogP contribution in [-0.2, 0) is 0 Å². The highest BCUT2D eigenvalue weighted by Crippen LogP contribution is 2.35. The van der Waals surface area contributed by atoms with Crippen LogP contribution in [0.1, 0.15) is 0 Å².